The molecule has 0 unspecified atom stereocenters. The first-order valence-electron chi connectivity index (χ1n) is 4.45. The predicted molar refractivity (Wildman–Crippen MR) is 54.7 cm³/mol. The third kappa shape index (κ3) is 1.69. The fourth-order valence-electron chi connectivity index (χ4n) is 1.44. The minimum atomic E-state index is 0.214. The molecule has 4 heteroatoms. The van der Waals surface area contributed by atoms with Crippen molar-refractivity contribution in [2.75, 3.05) is 0 Å². The van der Waals surface area contributed by atoms with E-state index in [0.29, 0.717) is 5.69 Å². The highest BCUT2D eigenvalue weighted by molar-refractivity contribution is 5.68. The quantitative estimate of drug-likeness (QED) is 0.460. The summed E-state index contributed by atoms with van der Waals surface area (Å²) in [7, 11) is 0. The van der Waals surface area contributed by atoms with Gasteiger partial charge in [-0.05, 0) is 23.4 Å². The predicted octanol–water partition coefficient (Wildman–Crippen LogP) is 2.28. The van der Waals surface area contributed by atoms with Gasteiger partial charge in [0.1, 0.15) is 0 Å². The molecule has 0 radical (unpaired) electrons. The van der Waals surface area contributed by atoms with E-state index in [9.17, 15) is 10.1 Å². The van der Waals surface area contributed by atoms with Crippen LogP contribution in [-0.4, -0.2) is 5.21 Å². The van der Waals surface area contributed by atoms with Crippen LogP contribution in [0.25, 0.3) is 11.3 Å². The van der Waals surface area contributed by atoms with E-state index in [1.165, 1.54) is 6.20 Å². The van der Waals surface area contributed by atoms with Crippen molar-refractivity contribution in [2.45, 2.75) is 0 Å². The molecule has 74 valence electrons. The molecule has 0 saturated heterocycles. The molecule has 1 N–H and O–H groups in total. The number of nitroso groups, excluding NO2 is 1. The first-order chi connectivity index (χ1) is 7.33. The van der Waals surface area contributed by atoms with Crippen LogP contribution in [0, 0.1) is 4.91 Å². The Bertz CT molecular complexity index is 483. The lowest BCUT2D eigenvalue weighted by molar-refractivity contribution is -0.895. The largest absolute Gasteiger partial charge is 0.293 e. The Morgan fingerprint density at radius 2 is 1.80 bits per heavy atom. The van der Waals surface area contributed by atoms with Gasteiger partial charge in [-0.15, -0.1) is 4.91 Å². The van der Waals surface area contributed by atoms with Crippen molar-refractivity contribution in [1.82, 2.24) is 0 Å². The van der Waals surface area contributed by atoms with Crippen molar-refractivity contribution in [2.24, 2.45) is 5.18 Å². The van der Waals surface area contributed by atoms with E-state index in [0.717, 1.165) is 10.3 Å². The molecule has 4 nitrogen and oxygen atoms in total. The SMILES string of the molecule is O=Nc1ccc[n+](O)c1-c1ccccc1. The highest BCUT2D eigenvalue weighted by atomic mass is 16.5. The summed E-state index contributed by atoms with van der Waals surface area (Å²) in [4.78, 5) is 10.6. The lowest BCUT2D eigenvalue weighted by Crippen LogP contribution is -2.31. The van der Waals surface area contributed by atoms with E-state index in [1.54, 1.807) is 24.3 Å². The molecular weight excluding hydrogens is 192 g/mol. The zero-order chi connectivity index (χ0) is 10.7. The van der Waals surface area contributed by atoms with Crippen LogP contribution < -0.4 is 4.73 Å². The normalized spacial score (nSPS) is 9.87. The van der Waals surface area contributed by atoms with Gasteiger partial charge in [0, 0.05) is 10.8 Å². The van der Waals surface area contributed by atoms with Crippen LogP contribution in [0.15, 0.2) is 53.8 Å². The monoisotopic (exact) mass is 201 g/mol. The molecule has 0 aliphatic heterocycles. The maximum Gasteiger partial charge on any atom is 0.293 e. The Morgan fingerprint density at radius 3 is 2.47 bits per heavy atom. The smallest absolute Gasteiger partial charge is 0.284 e. The van der Waals surface area contributed by atoms with Gasteiger partial charge in [0.05, 0.1) is 5.56 Å². The zero-order valence-corrected chi connectivity index (χ0v) is 7.87. The summed E-state index contributed by atoms with van der Waals surface area (Å²) >= 11 is 0. The van der Waals surface area contributed by atoms with Crippen molar-refractivity contribution < 1.29 is 9.94 Å². The summed E-state index contributed by atoms with van der Waals surface area (Å²) in [5, 5.41) is 12.5. The molecular formula is C11H9N2O2+. The molecule has 0 fully saturated rings. The van der Waals surface area contributed by atoms with Crippen LogP contribution in [0.4, 0.5) is 5.69 Å². The molecule has 1 heterocycles. The number of pyridine rings is 1. The summed E-state index contributed by atoms with van der Waals surface area (Å²) in [6.07, 6.45) is 1.46. The van der Waals surface area contributed by atoms with E-state index < -0.39 is 0 Å². The second kappa shape index (κ2) is 3.88. The summed E-state index contributed by atoms with van der Waals surface area (Å²) in [6.45, 7) is 0. The Hall–Kier alpha value is -2.23. The van der Waals surface area contributed by atoms with Crippen LogP contribution >= 0.6 is 0 Å². The van der Waals surface area contributed by atoms with E-state index in [-0.39, 0.29) is 5.69 Å². The maximum absolute atomic E-state index is 10.6. The number of nitrogens with zero attached hydrogens (tertiary/aromatic N) is 2. The Kier molecular flexibility index (Phi) is 2.41. The van der Waals surface area contributed by atoms with Crippen LogP contribution in [0.2, 0.25) is 0 Å². The van der Waals surface area contributed by atoms with Crippen LogP contribution in [-0.2, 0) is 0 Å². The topological polar surface area (TPSA) is 53.5 Å². The van der Waals surface area contributed by atoms with Crippen molar-refractivity contribution in [3.05, 3.63) is 53.6 Å². The Balaban J connectivity index is 2.66. The number of rotatable bonds is 2. The van der Waals surface area contributed by atoms with Gasteiger partial charge in [-0.3, -0.25) is 5.21 Å². The van der Waals surface area contributed by atoms with Gasteiger partial charge < -0.3 is 0 Å². The van der Waals surface area contributed by atoms with Gasteiger partial charge in [-0.25, -0.2) is 0 Å². The van der Waals surface area contributed by atoms with E-state index >= 15 is 0 Å². The average molecular weight is 201 g/mol. The molecule has 0 amide bonds. The lowest BCUT2D eigenvalue weighted by Gasteiger charge is -1.97. The minimum absolute atomic E-state index is 0.214. The van der Waals surface area contributed by atoms with Crippen molar-refractivity contribution in [3.8, 4) is 11.3 Å². The summed E-state index contributed by atoms with van der Waals surface area (Å²) < 4.78 is 0.895. The molecule has 0 bridgehead atoms. The molecule has 1 aromatic carbocycles. The third-order valence-corrected chi connectivity index (χ3v) is 2.10. The number of aromatic nitrogens is 1. The number of benzene rings is 1. The first kappa shape index (κ1) is 9.33. The van der Waals surface area contributed by atoms with Gasteiger partial charge in [0.15, 0.2) is 5.69 Å². The van der Waals surface area contributed by atoms with E-state index in [2.05, 4.69) is 5.18 Å². The van der Waals surface area contributed by atoms with Crippen LogP contribution in [0.5, 0.6) is 0 Å². The summed E-state index contributed by atoms with van der Waals surface area (Å²) in [5.41, 5.74) is 1.36. The first-order valence-corrected chi connectivity index (χ1v) is 4.45. The minimum Gasteiger partial charge on any atom is -0.284 e. The number of hydrogen-bond donors (Lipinski definition) is 1. The fourth-order valence-corrected chi connectivity index (χ4v) is 1.44. The lowest BCUT2D eigenvalue weighted by atomic mass is 10.1. The maximum atomic E-state index is 10.6. The third-order valence-electron chi connectivity index (χ3n) is 2.10. The van der Waals surface area contributed by atoms with E-state index in [1.807, 2.05) is 18.2 Å². The molecule has 2 aromatic rings. The second-order valence-corrected chi connectivity index (χ2v) is 3.04. The zero-order valence-electron chi connectivity index (χ0n) is 7.87. The molecule has 0 aliphatic carbocycles. The van der Waals surface area contributed by atoms with Crippen molar-refractivity contribution in [1.29, 1.82) is 0 Å². The van der Waals surface area contributed by atoms with Gasteiger partial charge in [0.2, 0.25) is 6.20 Å². The Morgan fingerprint density at radius 1 is 1.07 bits per heavy atom. The van der Waals surface area contributed by atoms with Crippen molar-refractivity contribution >= 4 is 5.69 Å². The molecule has 1 aromatic heterocycles. The fraction of sp³-hybridized carbons (Fsp3) is 0. The highest BCUT2D eigenvalue weighted by Gasteiger charge is 2.18. The van der Waals surface area contributed by atoms with E-state index in [4.69, 9.17) is 0 Å². The van der Waals surface area contributed by atoms with Gasteiger partial charge in [-0.1, -0.05) is 18.2 Å². The number of hydrogen-bond acceptors (Lipinski definition) is 3. The molecule has 0 spiro atoms. The van der Waals surface area contributed by atoms with Crippen molar-refractivity contribution in [3.63, 3.8) is 0 Å². The molecule has 0 saturated carbocycles. The molecule has 0 atom stereocenters. The summed E-state index contributed by atoms with van der Waals surface area (Å²) in [6, 6.07) is 12.2. The van der Waals surface area contributed by atoms with Gasteiger partial charge >= 0.3 is 0 Å². The molecule has 2 rings (SSSR count). The van der Waals surface area contributed by atoms with Crippen LogP contribution in [0.1, 0.15) is 0 Å². The highest BCUT2D eigenvalue weighted by Crippen LogP contribution is 2.25. The standard InChI is InChI=1S/C11H9N2O2/c14-12-10-7-4-8-13(15)11(10)9-5-2-1-3-6-9/h1-8,15H/q+1. The van der Waals surface area contributed by atoms with Gasteiger partial charge in [-0.2, -0.15) is 0 Å². The van der Waals surface area contributed by atoms with Gasteiger partial charge in [0.25, 0.3) is 5.69 Å². The average Bonchev–Trinajstić information content (AvgIpc) is 2.29. The second-order valence-electron chi connectivity index (χ2n) is 3.04. The Labute approximate surface area is 86.4 Å². The molecule has 15 heavy (non-hydrogen) atoms. The van der Waals surface area contributed by atoms with Crippen LogP contribution in [0.3, 0.4) is 0 Å². The molecule has 0 aliphatic rings. The summed E-state index contributed by atoms with van der Waals surface area (Å²) in [5.74, 6) is 0.